The number of carbonyl (C=O) groups is 2. The fourth-order valence-corrected chi connectivity index (χ4v) is 4.33. The van der Waals surface area contributed by atoms with Crippen molar-refractivity contribution >= 4 is 29.0 Å². The summed E-state index contributed by atoms with van der Waals surface area (Å²) in [5.74, 6) is 0.915. The summed E-state index contributed by atoms with van der Waals surface area (Å²) in [5.41, 5.74) is 0.771. The smallest absolute Gasteiger partial charge is 0.321 e. The number of hydrogen-bond acceptors (Lipinski definition) is 5. The van der Waals surface area contributed by atoms with Gasteiger partial charge in [-0.1, -0.05) is 24.3 Å². The number of para-hydroxylation sites is 1. The number of urea groups is 1. The van der Waals surface area contributed by atoms with Crippen LogP contribution in [0.25, 0.3) is 0 Å². The van der Waals surface area contributed by atoms with Gasteiger partial charge in [-0.25, -0.2) is 4.79 Å². The van der Waals surface area contributed by atoms with E-state index in [0.29, 0.717) is 45.8 Å². The normalized spacial score (nSPS) is 14.1. The molecule has 7 nitrogen and oxygen atoms in total. The van der Waals surface area contributed by atoms with Crippen molar-refractivity contribution in [2.24, 2.45) is 0 Å². The second kappa shape index (κ2) is 10.3. The third kappa shape index (κ3) is 5.96. The fourth-order valence-electron chi connectivity index (χ4n) is 3.59. The Morgan fingerprint density at radius 1 is 0.935 bits per heavy atom. The van der Waals surface area contributed by atoms with Crippen molar-refractivity contribution < 1.29 is 14.0 Å². The van der Waals surface area contributed by atoms with Crippen molar-refractivity contribution in [3.8, 4) is 0 Å². The highest BCUT2D eigenvalue weighted by molar-refractivity contribution is 7.09. The molecule has 3 heterocycles. The van der Waals surface area contributed by atoms with Gasteiger partial charge in [-0.15, -0.1) is 11.3 Å². The second-order valence-corrected chi connectivity index (χ2v) is 8.50. The summed E-state index contributed by atoms with van der Waals surface area (Å²) >= 11 is 1.68. The Bertz CT molecular complexity index is 916. The second-order valence-electron chi connectivity index (χ2n) is 7.47. The van der Waals surface area contributed by atoms with Crippen molar-refractivity contribution in [2.45, 2.75) is 13.1 Å². The first-order chi connectivity index (χ1) is 15.2. The molecule has 0 spiro atoms. The Hall–Kier alpha value is -3.10. The molecule has 8 heteroatoms. The SMILES string of the molecule is O=C(CN(Cc1ccco1)Cc1cccs1)N1CCN(C(=O)Nc2ccccc2)CC1. The highest BCUT2D eigenvalue weighted by Gasteiger charge is 2.25. The molecule has 1 aliphatic heterocycles. The molecule has 1 N–H and O–H groups in total. The van der Waals surface area contributed by atoms with E-state index in [1.165, 1.54) is 4.88 Å². The van der Waals surface area contributed by atoms with E-state index >= 15 is 0 Å². The van der Waals surface area contributed by atoms with Gasteiger partial charge >= 0.3 is 6.03 Å². The number of thiophene rings is 1. The number of carbonyl (C=O) groups excluding carboxylic acids is 2. The number of hydrogen-bond donors (Lipinski definition) is 1. The van der Waals surface area contributed by atoms with Crippen LogP contribution in [0.4, 0.5) is 10.5 Å². The van der Waals surface area contributed by atoms with Crippen LogP contribution in [0.2, 0.25) is 0 Å². The summed E-state index contributed by atoms with van der Waals surface area (Å²) in [7, 11) is 0. The van der Waals surface area contributed by atoms with Crippen LogP contribution in [0.5, 0.6) is 0 Å². The standard InChI is InChI=1S/C23H26N4O3S/c28-22(18-25(16-20-8-4-14-30-20)17-21-9-5-15-31-21)26-10-12-27(13-11-26)23(29)24-19-6-2-1-3-7-19/h1-9,14-15H,10-13,16-18H2,(H,24,29). The van der Waals surface area contributed by atoms with E-state index < -0.39 is 0 Å². The van der Waals surface area contributed by atoms with Crippen molar-refractivity contribution in [2.75, 3.05) is 38.0 Å². The Labute approximate surface area is 185 Å². The molecule has 0 radical (unpaired) electrons. The van der Waals surface area contributed by atoms with Crippen LogP contribution in [-0.2, 0) is 17.9 Å². The Morgan fingerprint density at radius 2 is 1.71 bits per heavy atom. The molecule has 2 aromatic heterocycles. The van der Waals surface area contributed by atoms with Gasteiger partial charge in [0, 0.05) is 43.3 Å². The summed E-state index contributed by atoms with van der Waals surface area (Å²) in [4.78, 5) is 32.3. The number of piperazine rings is 1. The van der Waals surface area contributed by atoms with Crippen LogP contribution in [0.3, 0.4) is 0 Å². The monoisotopic (exact) mass is 438 g/mol. The molecule has 0 bridgehead atoms. The Balaban J connectivity index is 1.29. The quantitative estimate of drug-likeness (QED) is 0.611. The molecule has 1 fully saturated rings. The van der Waals surface area contributed by atoms with Gasteiger partial charge in [-0.3, -0.25) is 9.69 Å². The van der Waals surface area contributed by atoms with Gasteiger partial charge in [0.2, 0.25) is 5.91 Å². The number of nitrogens with one attached hydrogen (secondary N) is 1. The number of benzene rings is 1. The van der Waals surface area contributed by atoms with E-state index in [1.807, 2.05) is 58.8 Å². The van der Waals surface area contributed by atoms with Crippen molar-refractivity contribution in [1.82, 2.24) is 14.7 Å². The first kappa shape index (κ1) is 21.1. The van der Waals surface area contributed by atoms with Gasteiger partial charge in [0.15, 0.2) is 0 Å². The van der Waals surface area contributed by atoms with Gasteiger partial charge in [-0.05, 0) is 35.7 Å². The largest absolute Gasteiger partial charge is 0.468 e. The number of rotatable bonds is 7. The van der Waals surface area contributed by atoms with Gasteiger partial charge in [0.05, 0.1) is 19.4 Å². The lowest BCUT2D eigenvalue weighted by molar-refractivity contribution is -0.134. The first-order valence-electron chi connectivity index (χ1n) is 10.3. The summed E-state index contributed by atoms with van der Waals surface area (Å²) in [6, 6.07) is 17.2. The van der Waals surface area contributed by atoms with E-state index in [0.717, 1.165) is 11.4 Å². The first-order valence-corrected chi connectivity index (χ1v) is 11.2. The minimum absolute atomic E-state index is 0.0752. The zero-order chi connectivity index (χ0) is 21.5. The predicted octanol–water partition coefficient (Wildman–Crippen LogP) is 3.72. The topological polar surface area (TPSA) is 69.0 Å². The number of nitrogens with zero attached hydrogens (tertiary/aromatic N) is 3. The molecule has 0 saturated carbocycles. The van der Waals surface area contributed by atoms with Crippen LogP contribution in [0.1, 0.15) is 10.6 Å². The highest BCUT2D eigenvalue weighted by atomic mass is 32.1. The molecule has 3 aromatic rings. The summed E-state index contributed by atoms with van der Waals surface area (Å²) in [6.07, 6.45) is 1.65. The molecule has 3 amide bonds. The molecular weight excluding hydrogens is 412 g/mol. The predicted molar refractivity (Wildman–Crippen MR) is 121 cm³/mol. The zero-order valence-corrected chi connectivity index (χ0v) is 18.1. The molecule has 4 rings (SSSR count). The van der Waals surface area contributed by atoms with Crippen LogP contribution >= 0.6 is 11.3 Å². The summed E-state index contributed by atoms with van der Waals surface area (Å²) < 4.78 is 5.49. The molecule has 162 valence electrons. The molecule has 0 atom stereocenters. The van der Waals surface area contributed by atoms with Gasteiger partial charge in [0.1, 0.15) is 5.76 Å². The lowest BCUT2D eigenvalue weighted by Gasteiger charge is -2.35. The molecule has 31 heavy (non-hydrogen) atoms. The Kier molecular flexibility index (Phi) is 7.01. The van der Waals surface area contributed by atoms with E-state index in [4.69, 9.17) is 4.42 Å². The molecular formula is C23H26N4O3S. The zero-order valence-electron chi connectivity index (χ0n) is 17.3. The number of furan rings is 1. The number of anilines is 1. The molecule has 0 unspecified atom stereocenters. The van der Waals surface area contributed by atoms with Gasteiger partial charge < -0.3 is 19.5 Å². The van der Waals surface area contributed by atoms with E-state index in [2.05, 4.69) is 16.3 Å². The number of amides is 3. The Morgan fingerprint density at radius 3 is 2.39 bits per heavy atom. The van der Waals surface area contributed by atoms with E-state index in [1.54, 1.807) is 22.5 Å². The van der Waals surface area contributed by atoms with E-state index in [-0.39, 0.29) is 11.9 Å². The average molecular weight is 439 g/mol. The van der Waals surface area contributed by atoms with Crippen LogP contribution in [0.15, 0.2) is 70.7 Å². The third-order valence-electron chi connectivity index (χ3n) is 5.22. The average Bonchev–Trinajstić information content (AvgIpc) is 3.49. The van der Waals surface area contributed by atoms with Crippen LogP contribution < -0.4 is 5.32 Å². The molecule has 1 aliphatic rings. The highest BCUT2D eigenvalue weighted by Crippen LogP contribution is 2.16. The van der Waals surface area contributed by atoms with Crippen molar-refractivity contribution in [1.29, 1.82) is 0 Å². The maximum atomic E-state index is 13.0. The molecule has 1 saturated heterocycles. The lowest BCUT2D eigenvalue weighted by atomic mass is 10.3. The molecule has 1 aromatic carbocycles. The minimum atomic E-state index is -0.129. The van der Waals surface area contributed by atoms with Crippen LogP contribution in [0, 0.1) is 0 Å². The maximum absolute atomic E-state index is 13.0. The fraction of sp³-hybridized carbons (Fsp3) is 0.304. The van der Waals surface area contributed by atoms with Crippen molar-refractivity contribution in [3.05, 3.63) is 76.9 Å². The summed E-state index contributed by atoms with van der Waals surface area (Å²) in [6.45, 7) is 3.71. The summed E-state index contributed by atoms with van der Waals surface area (Å²) in [5, 5.41) is 4.95. The van der Waals surface area contributed by atoms with Gasteiger partial charge in [-0.2, -0.15) is 0 Å². The lowest BCUT2D eigenvalue weighted by Crippen LogP contribution is -2.53. The maximum Gasteiger partial charge on any atom is 0.321 e. The molecule has 0 aliphatic carbocycles. The van der Waals surface area contributed by atoms with E-state index in [9.17, 15) is 9.59 Å². The minimum Gasteiger partial charge on any atom is -0.468 e. The van der Waals surface area contributed by atoms with Crippen molar-refractivity contribution in [3.63, 3.8) is 0 Å². The van der Waals surface area contributed by atoms with Gasteiger partial charge in [0.25, 0.3) is 0 Å². The third-order valence-corrected chi connectivity index (χ3v) is 6.08. The van der Waals surface area contributed by atoms with Crippen LogP contribution in [-0.4, -0.2) is 59.4 Å².